The van der Waals surface area contributed by atoms with Crippen LogP contribution in [0.3, 0.4) is 0 Å². The fourth-order valence-corrected chi connectivity index (χ4v) is 4.31. The molecule has 1 saturated heterocycles. The van der Waals surface area contributed by atoms with Crippen molar-refractivity contribution in [2.45, 2.75) is 38.3 Å². The van der Waals surface area contributed by atoms with Gasteiger partial charge in [0.15, 0.2) is 0 Å². The first kappa shape index (κ1) is 22.3. The molecule has 3 aromatic rings. The molecular formula is C25H24ClN3O5. The zero-order valence-electron chi connectivity index (χ0n) is 18.5. The molecule has 8 nitrogen and oxygen atoms in total. The Bertz CT molecular complexity index is 1170. The van der Waals surface area contributed by atoms with Crippen molar-refractivity contribution in [2.75, 3.05) is 18.0 Å². The highest BCUT2D eigenvalue weighted by Crippen LogP contribution is 2.26. The number of carbonyl (C=O) groups is 2. The molecule has 2 aliphatic rings. The first-order valence-electron chi connectivity index (χ1n) is 11.3. The van der Waals surface area contributed by atoms with E-state index in [1.54, 1.807) is 4.57 Å². The van der Waals surface area contributed by atoms with Crippen LogP contribution in [-0.4, -0.2) is 40.7 Å². The average Bonchev–Trinajstić information content (AvgIpc) is 3.46. The van der Waals surface area contributed by atoms with Crippen molar-refractivity contribution in [2.24, 2.45) is 0 Å². The van der Waals surface area contributed by atoms with E-state index in [-0.39, 0.29) is 18.0 Å². The van der Waals surface area contributed by atoms with Crippen LogP contribution >= 0.6 is 11.6 Å². The molecule has 9 heteroatoms. The molecule has 1 aromatic heterocycles. The van der Waals surface area contributed by atoms with E-state index in [1.165, 1.54) is 24.7 Å². The number of nitrogens with zero attached hydrogens (tertiary/aromatic N) is 3. The van der Waals surface area contributed by atoms with E-state index in [2.05, 4.69) is 22.0 Å². The topological polar surface area (TPSA) is 82.9 Å². The van der Waals surface area contributed by atoms with Crippen molar-refractivity contribution in [1.29, 1.82) is 0 Å². The molecule has 5 rings (SSSR count). The van der Waals surface area contributed by atoms with E-state index >= 15 is 0 Å². The summed E-state index contributed by atoms with van der Waals surface area (Å²) in [7, 11) is 0. The van der Waals surface area contributed by atoms with Gasteiger partial charge in [-0.1, -0.05) is 23.7 Å². The number of esters is 2. The SMILES string of the molecule is O=C1Oc2cn(CC(CCc3ccc(Cl)cc3)Oc3ccc(N4CCCC4)cc3)c(n2)OC1=O. The summed E-state index contributed by atoms with van der Waals surface area (Å²) in [6.45, 7) is 2.52. The maximum atomic E-state index is 11.7. The van der Waals surface area contributed by atoms with Crippen LogP contribution in [0.1, 0.15) is 24.8 Å². The highest BCUT2D eigenvalue weighted by Gasteiger charge is 2.29. The van der Waals surface area contributed by atoms with Gasteiger partial charge in [0.1, 0.15) is 11.9 Å². The third kappa shape index (κ3) is 5.17. The van der Waals surface area contributed by atoms with Crippen LogP contribution in [0.15, 0.2) is 54.7 Å². The van der Waals surface area contributed by atoms with Crippen molar-refractivity contribution in [1.82, 2.24) is 9.55 Å². The Morgan fingerprint density at radius 3 is 2.41 bits per heavy atom. The fraction of sp³-hybridized carbons (Fsp3) is 0.320. The second-order valence-electron chi connectivity index (χ2n) is 8.39. The lowest BCUT2D eigenvalue weighted by Gasteiger charge is -2.22. The summed E-state index contributed by atoms with van der Waals surface area (Å²) in [4.78, 5) is 29.7. The van der Waals surface area contributed by atoms with Gasteiger partial charge in [-0.15, -0.1) is 0 Å². The number of hydrogen-bond donors (Lipinski definition) is 0. The fourth-order valence-electron chi connectivity index (χ4n) is 4.19. The summed E-state index contributed by atoms with van der Waals surface area (Å²) < 4.78 is 17.9. The van der Waals surface area contributed by atoms with Crippen molar-refractivity contribution in [3.63, 3.8) is 0 Å². The van der Waals surface area contributed by atoms with E-state index < -0.39 is 11.9 Å². The third-order valence-corrected chi connectivity index (χ3v) is 6.20. The first-order valence-corrected chi connectivity index (χ1v) is 11.7. The van der Waals surface area contributed by atoms with Crippen LogP contribution < -0.4 is 19.1 Å². The van der Waals surface area contributed by atoms with Gasteiger partial charge in [0, 0.05) is 23.8 Å². The number of anilines is 1. The summed E-state index contributed by atoms with van der Waals surface area (Å²) in [6.07, 6.45) is 5.17. The Balaban J connectivity index is 1.32. The van der Waals surface area contributed by atoms with Crippen LogP contribution in [-0.2, 0) is 22.6 Å². The normalized spacial score (nSPS) is 16.1. The quantitative estimate of drug-likeness (QED) is 0.354. The molecule has 1 unspecified atom stereocenters. The number of carbonyl (C=O) groups excluding carboxylic acids is 2. The molecular weight excluding hydrogens is 458 g/mol. The largest absolute Gasteiger partial charge is 0.489 e. The van der Waals surface area contributed by atoms with E-state index in [9.17, 15) is 9.59 Å². The van der Waals surface area contributed by atoms with Crippen molar-refractivity contribution >= 4 is 29.2 Å². The number of hydrogen-bond acceptors (Lipinski definition) is 7. The first-order chi connectivity index (χ1) is 16.5. The molecule has 0 aliphatic carbocycles. The molecule has 1 atom stereocenters. The Labute approximate surface area is 202 Å². The van der Waals surface area contributed by atoms with Crippen LogP contribution in [0.2, 0.25) is 5.02 Å². The zero-order valence-corrected chi connectivity index (χ0v) is 19.2. The zero-order chi connectivity index (χ0) is 23.5. The molecule has 34 heavy (non-hydrogen) atoms. The minimum absolute atomic E-state index is 0.00956. The highest BCUT2D eigenvalue weighted by molar-refractivity contribution is 6.31. The second-order valence-corrected chi connectivity index (χ2v) is 8.82. The van der Waals surface area contributed by atoms with Gasteiger partial charge >= 0.3 is 17.9 Å². The molecule has 0 N–H and O–H groups in total. The van der Waals surface area contributed by atoms with Gasteiger partial charge in [-0.25, -0.2) is 9.59 Å². The van der Waals surface area contributed by atoms with Gasteiger partial charge in [0.05, 0.1) is 12.7 Å². The van der Waals surface area contributed by atoms with Crippen molar-refractivity contribution in [3.8, 4) is 17.6 Å². The average molecular weight is 482 g/mol. The number of aromatic nitrogens is 2. The summed E-state index contributed by atoms with van der Waals surface area (Å²) in [5.41, 5.74) is 2.33. The maximum absolute atomic E-state index is 11.7. The molecule has 0 spiro atoms. The molecule has 1 fully saturated rings. The van der Waals surface area contributed by atoms with Gasteiger partial charge in [0.25, 0.3) is 0 Å². The lowest BCUT2D eigenvalue weighted by molar-refractivity contribution is -0.156. The number of aryl methyl sites for hydroxylation is 1. The summed E-state index contributed by atoms with van der Waals surface area (Å²) in [6, 6.07) is 15.8. The molecule has 0 amide bonds. The number of rotatable bonds is 8. The maximum Gasteiger partial charge on any atom is 0.425 e. The molecule has 0 radical (unpaired) electrons. The molecule has 2 aromatic carbocycles. The summed E-state index contributed by atoms with van der Waals surface area (Å²) >= 11 is 6.01. The van der Waals surface area contributed by atoms with Crippen molar-refractivity contribution in [3.05, 3.63) is 65.3 Å². The predicted octanol–water partition coefficient (Wildman–Crippen LogP) is 4.04. The highest BCUT2D eigenvalue weighted by atomic mass is 35.5. The Kier molecular flexibility index (Phi) is 6.40. The third-order valence-electron chi connectivity index (χ3n) is 5.94. The number of halogens is 1. The molecule has 2 aliphatic heterocycles. The van der Waals surface area contributed by atoms with Gasteiger partial charge in [-0.05, 0) is 67.6 Å². The Hall–Kier alpha value is -3.52. The van der Waals surface area contributed by atoms with Crippen LogP contribution in [0.4, 0.5) is 5.69 Å². The number of benzene rings is 2. The summed E-state index contributed by atoms with van der Waals surface area (Å²) in [5, 5.41) is 0.691. The van der Waals surface area contributed by atoms with Gasteiger partial charge in [-0.3, -0.25) is 4.57 Å². The minimum atomic E-state index is -1.09. The van der Waals surface area contributed by atoms with Gasteiger partial charge in [0.2, 0.25) is 5.88 Å². The van der Waals surface area contributed by atoms with Crippen LogP contribution in [0, 0.1) is 0 Å². The second kappa shape index (κ2) is 9.77. The number of ether oxygens (including phenoxy) is 3. The van der Waals surface area contributed by atoms with Crippen LogP contribution in [0.25, 0.3) is 0 Å². The van der Waals surface area contributed by atoms with Crippen molar-refractivity contribution < 1.29 is 23.8 Å². The van der Waals surface area contributed by atoms with E-state index in [0.29, 0.717) is 18.0 Å². The smallest absolute Gasteiger partial charge is 0.425 e. The lowest BCUT2D eigenvalue weighted by Crippen LogP contribution is -2.28. The molecule has 176 valence electrons. The monoisotopic (exact) mass is 481 g/mol. The Morgan fingerprint density at radius 1 is 0.971 bits per heavy atom. The number of imidazole rings is 1. The van der Waals surface area contributed by atoms with Crippen LogP contribution in [0.5, 0.6) is 17.6 Å². The number of fused-ring (bicyclic) bond motifs is 2. The minimum Gasteiger partial charge on any atom is -0.489 e. The molecule has 2 bridgehead atoms. The molecule has 0 saturated carbocycles. The van der Waals surface area contributed by atoms with E-state index in [4.69, 9.17) is 25.8 Å². The van der Waals surface area contributed by atoms with Gasteiger partial charge in [-0.2, -0.15) is 4.98 Å². The standard InChI is InChI=1S/C25H24ClN3O5/c26-18-6-3-17(4-7-18)5-10-21(15-29-16-22-27-25(29)34-24(31)23(30)33-22)32-20-11-8-19(9-12-20)28-13-1-2-14-28/h3-4,6-9,11-12,16,21H,1-2,5,10,13-15H2. The van der Waals surface area contributed by atoms with Gasteiger partial charge < -0.3 is 19.1 Å². The van der Waals surface area contributed by atoms with E-state index in [1.807, 2.05) is 36.4 Å². The van der Waals surface area contributed by atoms with E-state index in [0.717, 1.165) is 30.8 Å². The summed E-state index contributed by atoms with van der Waals surface area (Å²) in [5.74, 6) is -1.40. The molecule has 3 heterocycles. The lowest BCUT2D eigenvalue weighted by atomic mass is 10.1. The predicted molar refractivity (Wildman–Crippen MR) is 126 cm³/mol. The Morgan fingerprint density at radius 2 is 1.68 bits per heavy atom.